The van der Waals surface area contributed by atoms with Crippen LogP contribution in [0, 0.1) is 3.57 Å². The monoisotopic (exact) mass is 381 g/mol. The zero-order valence-electron chi connectivity index (χ0n) is 11.1. The van der Waals surface area contributed by atoms with Crippen LogP contribution in [0.1, 0.15) is 24.2 Å². The Hall–Kier alpha value is -1.21. The Morgan fingerprint density at radius 1 is 1.15 bits per heavy atom. The first kappa shape index (κ1) is 13.8. The molecule has 0 spiro atoms. The van der Waals surface area contributed by atoms with E-state index in [0.717, 1.165) is 35.4 Å². The number of anilines is 1. The predicted molar refractivity (Wildman–Crippen MR) is 86.4 cm³/mol. The smallest absolute Gasteiger partial charge is 0.141 e. The van der Waals surface area contributed by atoms with Crippen LogP contribution in [0.3, 0.4) is 0 Å². The first-order valence-electron chi connectivity index (χ1n) is 6.64. The maximum Gasteiger partial charge on any atom is 0.141 e. The van der Waals surface area contributed by atoms with Crippen LogP contribution in [0.4, 0.5) is 5.82 Å². The van der Waals surface area contributed by atoms with Gasteiger partial charge in [-0.15, -0.1) is 0 Å². The first-order valence-corrected chi connectivity index (χ1v) is 7.72. The largest absolute Gasteiger partial charge is 0.383 e. The number of hydrogen-bond donors (Lipinski definition) is 1. The van der Waals surface area contributed by atoms with E-state index in [4.69, 9.17) is 10.5 Å². The van der Waals surface area contributed by atoms with Crippen LogP contribution in [-0.2, 0) is 10.2 Å². The minimum Gasteiger partial charge on any atom is -0.383 e. The number of benzene rings is 1. The Kier molecular flexibility index (Phi) is 3.89. The van der Waals surface area contributed by atoms with Crippen LogP contribution < -0.4 is 5.73 Å². The molecule has 0 saturated carbocycles. The highest BCUT2D eigenvalue weighted by Crippen LogP contribution is 2.39. The highest BCUT2D eigenvalue weighted by atomic mass is 127. The normalized spacial score (nSPS) is 17.9. The van der Waals surface area contributed by atoms with Crippen LogP contribution in [0.15, 0.2) is 36.5 Å². The minimum absolute atomic E-state index is 0.183. The standard InChI is InChI=1S/C15H16IN3O/c16-12-10-18-14(19-13(12)17)15(6-8-20-9-7-15)11-4-2-1-3-5-11/h1-5,10H,6-9H2,(H2,17,18,19). The summed E-state index contributed by atoms with van der Waals surface area (Å²) in [6.45, 7) is 1.45. The van der Waals surface area contributed by atoms with Gasteiger partial charge in [-0.25, -0.2) is 9.97 Å². The van der Waals surface area contributed by atoms with Gasteiger partial charge in [-0.3, -0.25) is 0 Å². The van der Waals surface area contributed by atoms with Gasteiger partial charge in [0.15, 0.2) is 0 Å². The second-order valence-corrected chi connectivity index (χ2v) is 6.15. The van der Waals surface area contributed by atoms with Crippen molar-refractivity contribution >= 4 is 28.4 Å². The molecule has 1 aromatic carbocycles. The summed E-state index contributed by atoms with van der Waals surface area (Å²) in [7, 11) is 0. The SMILES string of the molecule is Nc1nc(C2(c3ccccc3)CCOCC2)ncc1I. The summed E-state index contributed by atoms with van der Waals surface area (Å²) in [5, 5.41) is 0. The molecule has 1 saturated heterocycles. The molecule has 0 bridgehead atoms. The lowest BCUT2D eigenvalue weighted by Gasteiger charge is -2.36. The van der Waals surface area contributed by atoms with E-state index in [1.165, 1.54) is 5.56 Å². The van der Waals surface area contributed by atoms with Crippen molar-refractivity contribution in [1.82, 2.24) is 9.97 Å². The van der Waals surface area contributed by atoms with E-state index < -0.39 is 0 Å². The number of nitrogen functional groups attached to an aromatic ring is 1. The Bertz CT molecular complexity index is 597. The van der Waals surface area contributed by atoms with Gasteiger partial charge in [0.2, 0.25) is 0 Å². The van der Waals surface area contributed by atoms with Gasteiger partial charge in [0.05, 0.1) is 8.99 Å². The lowest BCUT2D eigenvalue weighted by atomic mass is 9.73. The second kappa shape index (κ2) is 5.65. The van der Waals surface area contributed by atoms with Crippen LogP contribution in [0.25, 0.3) is 0 Å². The average Bonchev–Trinajstić information content (AvgIpc) is 2.51. The molecule has 0 unspecified atom stereocenters. The van der Waals surface area contributed by atoms with Gasteiger partial charge in [-0.05, 0) is 41.0 Å². The summed E-state index contributed by atoms with van der Waals surface area (Å²) in [6, 6.07) is 10.4. The van der Waals surface area contributed by atoms with E-state index in [2.05, 4.69) is 56.8 Å². The quantitative estimate of drug-likeness (QED) is 0.813. The number of hydrogen-bond acceptors (Lipinski definition) is 4. The maximum atomic E-state index is 5.97. The van der Waals surface area contributed by atoms with Gasteiger partial charge >= 0.3 is 0 Å². The van der Waals surface area contributed by atoms with Gasteiger partial charge in [-0.1, -0.05) is 30.3 Å². The van der Waals surface area contributed by atoms with Crippen molar-refractivity contribution in [3.05, 3.63) is 51.5 Å². The topological polar surface area (TPSA) is 61.0 Å². The molecule has 20 heavy (non-hydrogen) atoms. The number of ether oxygens (including phenoxy) is 1. The van der Waals surface area contributed by atoms with Gasteiger partial charge in [-0.2, -0.15) is 0 Å². The fourth-order valence-corrected chi connectivity index (χ4v) is 2.99. The Morgan fingerprint density at radius 3 is 2.50 bits per heavy atom. The van der Waals surface area contributed by atoms with Crippen molar-refractivity contribution < 1.29 is 4.74 Å². The molecule has 0 amide bonds. The van der Waals surface area contributed by atoms with Gasteiger partial charge in [0, 0.05) is 19.4 Å². The lowest BCUT2D eigenvalue weighted by Crippen LogP contribution is -2.37. The van der Waals surface area contributed by atoms with Crippen molar-refractivity contribution in [3.63, 3.8) is 0 Å². The van der Waals surface area contributed by atoms with Crippen LogP contribution in [0.2, 0.25) is 0 Å². The highest BCUT2D eigenvalue weighted by Gasteiger charge is 2.39. The molecule has 104 valence electrons. The zero-order chi connectivity index (χ0) is 14.0. The van der Waals surface area contributed by atoms with E-state index in [-0.39, 0.29) is 5.41 Å². The number of halogens is 1. The molecule has 1 aliphatic heterocycles. The number of aromatic nitrogens is 2. The van der Waals surface area contributed by atoms with Gasteiger partial charge < -0.3 is 10.5 Å². The van der Waals surface area contributed by atoms with E-state index in [9.17, 15) is 0 Å². The van der Waals surface area contributed by atoms with Crippen LogP contribution in [-0.4, -0.2) is 23.2 Å². The molecule has 2 N–H and O–H groups in total. The molecule has 1 fully saturated rings. The molecule has 0 radical (unpaired) electrons. The van der Waals surface area contributed by atoms with Crippen molar-refractivity contribution in [2.75, 3.05) is 18.9 Å². The highest BCUT2D eigenvalue weighted by molar-refractivity contribution is 14.1. The summed E-state index contributed by atoms with van der Waals surface area (Å²) < 4.78 is 6.42. The molecule has 3 rings (SSSR count). The number of rotatable bonds is 2. The van der Waals surface area contributed by atoms with Crippen molar-refractivity contribution in [1.29, 1.82) is 0 Å². The Morgan fingerprint density at radius 2 is 1.85 bits per heavy atom. The molecule has 5 heteroatoms. The first-order chi connectivity index (χ1) is 9.72. The molecule has 1 aliphatic rings. The maximum absolute atomic E-state index is 5.97. The summed E-state index contributed by atoms with van der Waals surface area (Å²) in [6.07, 6.45) is 3.58. The summed E-state index contributed by atoms with van der Waals surface area (Å²) in [5.74, 6) is 1.36. The van der Waals surface area contributed by atoms with E-state index in [1.54, 1.807) is 6.20 Å². The summed E-state index contributed by atoms with van der Waals surface area (Å²) in [4.78, 5) is 9.11. The van der Waals surface area contributed by atoms with Crippen molar-refractivity contribution in [2.45, 2.75) is 18.3 Å². The molecular formula is C15H16IN3O. The molecule has 4 nitrogen and oxygen atoms in total. The Balaban J connectivity index is 2.12. The fourth-order valence-electron chi connectivity index (χ4n) is 2.73. The Labute approximate surface area is 131 Å². The molecular weight excluding hydrogens is 365 g/mol. The number of nitrogens with zero attached hydrogens (tertiary/aromatic N) is 2. The van der Waals surface area contributed by atoms with Crippen LogP contribution >= 0.6 is 22.6 Å². The third-order valence-corrected chi connectivity index (χ3v) is 4.70. The van der Waals surface area contributed by atoms with Crippen LogP contribution in [0.5, 0.6) is 0 Å². The lowest BCUT2D eigenvalue weighted by molar-refractivity contribution is 0.0605. The van der Waals surface area contributed by atoms with E-state index >= 15 is 0 Å². The van der Waals surface area contributed by atoms with Crippen molar-refractivity contribution in [2.24, 2.45) is 0 Å². The molecule has 0 atom stereocenters. The zero-order valence-corrected chi connectivity index (χ0v) is 13.2. The molecule has 1 aromatic heterocycles. The fraction of sp³-hybridized carbons (Fsp3) is 0.333. The van der Waals surface area contributed by atoms with E-state index in [0.29, 0.717) is 5.82 Å². The third kappa shape index (κ3) is 2.40. The van der Waals surface area contributed by atoms with E-state index in [1.807, 2.05) is 6.07 Å². The molecule has 0 aliphatic carbocycles. The predicted octanol–water partition coefficient (Wildman–Crippen LogP) is 2.76. The van der Waals surface area contributed by atoms with Crippen molar-refractivity contribution in [3.8, 4) is 0 Å². The molecule has 2 aromatic rings. The summed E-state index contributed by atoms with van der Waals surface area (Å²) in [5.41, 5.74) is 7.03. The summed E-state index contributed by atoms with van der Waals surface area (Å²) >= 11 is 2.16. The van der Waals surface area contributed by atoms with Gasteiger partial charge in [0.1, 0.15) is 11.6 Å². The molecule has 2 heterocycles. The average molecular weight is 381 g/mol. The second-order valence-electron chi connectivity index (χ2n) is 4.99. The minimum atomic E-state index is -0.183. The number of nitrogens with two attached hydrogens (primary N) is 1. The van der Waals surface area contributed by atoms with Gasteiger partial charge in [0.25, 0.3) is 0 Å². The third-order valence-electron chi connectivity index (χ3n) is 3.87.